The largest absolute Gasteiger partial charge is 0.466 e. The van der Waals surface area contributed by atoms with Gasteiger partial charge < -0.3 is 29.0 Å². The lowest BCUT2D eigenvalue weighted by atomic mass is 10.1. The van der Waals surface area contributed by atoms with Crippen molar-refractivity contribution in [2.24, 2.45) is 0 Å². The molecule has 0 fully saturated rings. The van der Waals surface area contributed by atoms with Crippen LogP contribution in [-0.4, -0.2) is 80.9 Å². The van der Waals surface area contributed by atoms with Crippen molar-refractivity contribution in [3.8, 4) is 0 Å². The summed E-state index contributed by atoms with van der Waals surface area (Å²) in [6.45, 7) is 11.9. The van der Waals surface area contributed by atoms with Gasteiger partial charge in [0.2, 0.25) is 0 Å². The fraction of sp³-hybridized carbons (Fsp3) is 0.867. The van der Waals surface area contributed by atoms with Crippen LogP contribution in [-0.2, 0) is 28.5 Å². The minimum Gasteiger partial charge on any atom is -0.466 e. The number of rotatable bonds is 42. The smallest absolute Gasteiger partial charge is 0.305 e. The minimum absolute atomic E-state index is 0.0431. The summed E-state index contributed by atoms with van der Waals surface area (Å²) in [6.07, 6.45) is 36.4. The Kier molecular flexibility index (Phi) is 41.6. The van der Waals surface area contributed by atoms with Gasteiger partial charge in [0, 0.05) is 19.4 Å². The number of allylic oxidation sites excluding steroid dienone is 2. The average molecular weight is 752 g/mol. The Balaban J connectivity index is 3.89. The number of aliphatic hydroxyl groups excluding tert-OH is 1. The van der Waals surface area contributed by atoms with E-state index in [1.54, 1.807) is 0 Å². The van der Waals surface area contributed by atoms with E-state index in [0.29, 0.717) is 45.8 Å². The van der Waals surface area contributed by atoms with Crippen molar-refractivity contribution in [2.75, 3.05) is 52.7 Å². The Morgan fingerprint density at radius 2 is 0.925 bits per heavy atom. The molecule has 0 radical (unpaired) electrons. The zero-order valence-electron chi connectivity index (χ0n) is 35.0. The number of ether oxygens (including phenoxy) is 4. The maximum absolute atomic E-state index is 12.3. The number of carbonyl (C=O) groups excluding carboxylic acids is 2. The van der Waals surface area contributed by atoms with Gasteiger partial charge in [-0.15, -0.1) is 0 Å². The number of esters is 2. The van der Waals surface area contributed by atoms with E-state index in [0.717, 1.165) is 142 Å². The number of hydrogen-bond donors (Lipinski definition) is 1. The lowest BCUT2D eigenvalue weighted by molar-refractivity contribution is -0.147. The van der Waals surface area contributed by atoms with Crippen molar-refractivity contribution >= 4 is 11.9 Å². The molecule has 53 heavy (non-hydrogen) atoms. The van der Waals surface area contributed by atoms with Crippen LogP contribution in [0.3, 0.4) is 0 Å². The van der Waals surface area contributed by atoms with Crippen LogP contribution in [0.25, 0.3) is 0 Å². The van der Waals surface area contributed by atoms with Crippen molar-refractivity contribution in [1.29, 1.82) is 0 Å². The van der Waals surface area contributed by atoms with Gasteiger partial charge in [-0.05, 0) is 90.1 Å². The summed E-state index contributed by atoms with van der Waals surface area (Å²) in [4.78, 5) is 26.6. The first kappa shape index (κ1) is 51.3. The predicted octanol–water partition coefficient (Wildman–Crippen LogP) is 11.4. The summed E-state index contributed by atoms with van der Waals surface area (Å²) < 4.78 is 22.9. The monoisotopic (exact) mass is 752 g/mol. The summed E-state index contributed by atoms with van der Waals surface area (Å²) >= 11 is 0. The molecule has 0 saturated heterocycles. The number of carbonyl (C=O) groups is 2. The van der Waals surface area contributed by atoms with Crippen LogP contribution in [0.15, 0.2) is 24.3 Å². The Morgan fingerprint density at radius 3 is 1.42 bits per heavy atom. The second-order valence-electron chi connectivity index (χ2n) is 14.6. The van der Waals surface area contributed by atoms with Gasteiger partial charge in [0.25, 0.3) is 0 Å². The van der Waals surface area contributed by atoms with Crippen LogP contribution in [0.5, 0.6) is 0 Å². The fourth-order valence-electron chi connectivity index (χ4n) is 6.11. The van der Waals surface area contributed by atoms with Gasteiger partial charge in [0.1, 0.15) is 0 Å². The van der Waals surface area contributed by atoms with Crippen molar-refractivity contribution in [1.82, 2.24) is 4.90 Å². The van der Waals surface area contributed by atoms with E-state index in [4.69, 9.17) is 18.9 Å². The lowest BCUT2D eigenvalue weighted by Crippen LogP contribution is -2.29. The highest BCUT2D eigenvalue weighted by molar-refractivity contribution is 5.69. The molecule has 312 valence electrons. The molecule has 0 aliphatic rings. The van der Waals surface area contributed by atoms with E-state index < -0.39 is 0 Å². The molecule has 0 amide bonds. The number of aliphatic hydroxyl groups is 1. The summed E-state index contributed by atoms with van der Waals surface area (Å²) in [5, 5.41) is 9.51. The normalized spacial score (nSPS) is 11.9. The van der Waals surface area contributed by atoms with Crippen LogP contribution in [0.4, 0.5) is 0 Å². The van der Waals surface area contributed by atoms with Gasteiger partial charge >= 0.3 is 11.9 Å². The van der Waals surface area contributed by atoms with E-state index in [2.05, 4.69) is 50.0 Å². The van der Waals surface area contributed by atoms with Gasteiger partial charge in [0.15, 0.2) is 6.29 Å². The summed E-state index contributed by atoms with van der Waals surface area (Å²) in [6, 6.07) is 0. The molecule has 0 aromatic rings. The van der Waals surface area contributed by atoms with Crippen molar-refractivity contribution in [2.45, 2.75) is 200 Å². The Bertz CT molecular complexity index is 812. The van der Waals surface area contributed by atoms with E-state index in [1.807, 2.05) is 0 Å². The highest BCUT2D eigenvalue weighted by Gasteiger charge is 2.11. The minimum atomic E-state index is -0.226. The molecule has 8 heteroatoms. The SMILES string of the molecule is CCC/C=C\CCOC(CCCCC(=O)OCCCCCCN(CCO)CCCCCCCC(=O)OCCCCCCCCC)OCC/C=C\CCC. The van der Waals surface area contributed by atoms with E-state index in [-0.39, 0.29) is 24.8 Å². The topological polar surface area (TPSA) is 94.5 Å². The zero-order valence-corrected chi connectivity index (χ0v) is 35.0. The predicted molar refractivity (Wildman–Crippen MR) is 221 cm³/mol. The average Bonchev–Trinajstić information content (AvgIpc) is 3.15. The highest BCUT2D eigenvalue weighted by atomic mass is 16.7. The van der Waals surface area contributed by atoms with Gasteiger partial charge in [0.05, 0.1) is 33.0 Å². The van der Waals surface area contributed by atoms with Gasteiger partial charge in [-0.2, -0.15) is 0 Å². The molecule has 8 nitrogen and oxygen atoms in total. The Labute approximate surface area is 327 Å². The molecule has 0 aliphatic carbocycles. The third-order valence-corrected chi connectivity index (χ3v) is 9.41. The summed E-state index contributed by atoms with van der Waals surface area (Å²) in [5.74, 6) is -0.156. The first-order valence-corrected chi connectivity index (χ1v) is 22.2. The standard InChI is InChI=1S/C45H85NO7/c1-4-7-10-13-14-21-28-39-50-43(48)32-23-16-15-17-26-35-46(37-38-47)36-27-18-22-29-40-51-44(49)33-24-25-34-45(52-41-30-19-11-8-5-2)53-42-31-20-12-9-6-3/h11-12,19-20,45,47H,4-10,13-18,21-42H2,1-3H3/b19-11-,20-12-. The number of nitrogens with zero attached hydrogens (tertiary/aromatic N) is 1. The fourth-order valence-corrected chi connectivity index (χ4v) is 6.11. The molecule has 0 heterocycles. The summed E-state index contributed by atoms with van der Waals surface area (Å²) in [7, 11) is 0. The van der Waals surface area contributed by atoms with E-state index in [1.165, 1.54) is 32.1 Å². The van der Waals surface area contributed by atoms with Gasteiger partial charge in [-0.1, -0.05) is 129 Å². The van der Waals surface area contributed by atoms with Gasteiger partial charge in [-0.3, -0.25) is 9.59 Å². The van der Waals surface area contributed by atoms with Crippen LogP contribution in [0.2, 0.25) is 0 Å². The molecule has 1 N–H and O–H groups in total. The quantitative estimate of drug-likeness (QED) is 0.0285. The first-order valence-electron chi connectivity index (χ1n) is 22.2. The third kappa shape index (κ3) is 39.8. The molecule has 0 bridgehead atoms. The molecule has 0 spiro atoms. The maximum Gasteiger partial charge on any atom is 0.305 e. The molecule has 0 aromatic carbocycles. The molecule has 0 aromatic heterocycles. The number of hydrogen-bond acceptors (Lipinski definition) is 8. The second kappa shape index (κ2) is 43.0. The van der Waals surface area contributed by atoms with Crippen LogP contribution in [0.1, 0.15) is 194 Å². The number of unbranched alkanes of at least 4 members (excludes halogenated alkanes) is 16. The van der Waals surface area contributed by atoms with Gasteiger partial charge in [-0.25, -0.2) is 0 Å². The first-order chi connectivity index (χ1) is 26.1. The highest BCUT2D eigenvalue weighted by Crippen LogP contribution is 2.13. The molecule has 0 rings (SSSR count). The maximum atomic E-state index is 12.3. The van der Waals surface area contributed by atoms with Crippen molar-refractivity contribution < 1.29 is 33.6 Å². The Hall–Kier alpha value is -1.74. The van der Waals surface area contributed by atoms with Crippen LogP contribution < -0.4 is 0 Å². The molecular weight excluding hydrogens is 666 g/mol. The second-order valence-corrected chi connectivity index (χ2v) is 14.6. The molecule has 0 unspecified atom stereocenters. The molecular formula is C45H85NO7. The van der Waals surface area contributed by atoms with Crippen molar-refractivity contribution in [3.05, 3.63) is 24.3 Å². The summed E-state index contributed by atoms with van der Waals surface area (Å²) in [5.41, 5.74) is 0. The zero-order chi connectivity index (χ0) is 38.7. The molecule has 0 saturated carbocycles. The van der Waals surface area contributed by atoms with E-state index in [9.17, 15) is 14.7 Å². The molecule has 0 atom stereocenters. The van der Waals surface area contributed by atoms with Crippen LogP contribution in [0, 0.1) is 0 Å². The third-order valence-electron chi connectivity index (χ3n) is 9.41. The lowest BCUT2D eigenvalue weighted by Gasteiger charge is -2.21. The van der Waals surface area contributed by atoms with Crippen LogP contribution >= 0.6 is 0 Å². The molecule has 0 aliphatic heterocycles. The van der Waals surface area contributed by atoms with E-state index >= 15 is 0 Å². The van der Waals surface area contributed by atoms with Crippen molar-refractivity contribution in [3.63, 3.8) is 0 Å². The Morgan fingerprint density at radius 1 is 0.491 bits per heavy atom.